The van der Waals surface area contributed by atoms with Crippen LogP contribution < -0.4 is 10.1 Å². The van der Waals surface area contributed by atoms with Gasteiger partial charge in [-0.25, -0.2) is 0 Å². The molecule has 94 valence electrons. The maximum Gasteiger partial charge on any atom is 0.219 e. The predicted octanol–water partition coefficient (Wildman–Crippen LogP) is 2.74. The van der Waals surface area contributed by atoms with Gasteiger partial charge in [0.05, 0.1) is 6.61 Å². The number of carbonyl (C=O) groups excluding carboxylic acids is 1. The van der Waals surface area contributed by atoms with Gasteiger partial charge in [0.1, 0.15) is 5.75 Å². The monoisotopic (exact) mass is 243 g/mol. The summed E-state index contributed by atoms with van der Waals surface area (Å²) in [5, 5.41) is 4.88. The molecule has 0 aliphatic heterocycles. The summed E-state index contributed by atoms with van der Waals surface area (Å²) in [5.74, 6) is 0.932. The zero-order chi connectivity index (χ0) is 12.8. The smallest absolute Gasteiger partial charge is 0.219 e. The van der Waals surface area contributed by atoms with E-state index in [-0.39, 0.29) is 5.91 Å². The molecule has 0 radical (unpaired) electrons. The van der Waals surface area contributed by atoms with Crippen molar-refractivity contribution in [3.63, 3.8) is 0 Å². The summed E-state index contributed by atoms with van der Waals surface area (Å²) in [6.45, 7) is 0.557. The number of fused-ring (bicyclic) bond motifs is 1. The van der Waals surface area contributed by atoms with Gasteiger partial charge in [0.2, 0.25) is 5.91 Å². The van der Waals surface area contributed by atoms with Crippen molar-refractivity contribution in [3.05, 3.63) is 42.5 Å². The predicted molar refractivity (Wildman–Crippen MR) is 72.7 cm³/mol. The second-order valence-electron chi connectivity index (χ2n) is 4.10. The molecule has 0 spiro atoms. The van der Waals surface area contributed by atoms with Crippen LogP contribution in [0.2, 0.25) is 0 Å². The van der Waals surface area contributed by atoms with Crippen molar-refractivity contribution in [2.24, 2.45) is 0 Å². The lowest BCUT2D eigenvalue weighted by molar-refractivity contribution is -0.120. The molecule has 0 saturated heterocycles. The molecule has 1 N–H and O–H groups in total. The second-order valence-corrected chi connectivity index (χ2v) is 4.10. The molecule has 0 aliphatic rings. The highest BCUT2D eigenvalue weighted by Crippen LogP contribution is 2.25. The van der Waals surface area contributed by atoms with Gasteiger partial charge in [-0.2, -0.15) is 0 Å². The number of hydrogen-bond acceptors (Lipinski definition) is 2. The van der Waals surface area contributed by atoms with Crippen LogP contribution in [0.25, 0.3) is 10.8 Å². The first-order chi connectivity index (χ1) is 8.81. The fourth-order valence-electron chi connectivity index (χ4n) is 1.86. The number of rotatable bonds is 5. The molecule has 18 heavy (non-hydrogen) atoms. The molecule has 3 nitrogen and oxygen atoms in total. The first-order valence-corrected chi connectivity index (χ1v) is 6.12. The Labute approximate surface area is 107 Å². The van der Waals surface area contributed by atoms with Crippen LogP contribution in [0.1, 0.15) is 12.8 Å². The van der Waals surface area contributed by atoms with Crippen LogP contribution >= 0.6 is 0 Å². The van der Waals surface area contributed by atoms with E-state index >= 15 is 0 Å². The minimum atomic E-state index is 0.0523. The van der Waals surface area contributed by atoms with E-state index in [9.17, 15) is 4.79 Å². The van der Waals surface area contributed by atoms with E-state index in [1.165, 1.54) is 5.39 Å². The lowest BCUT2D eigenvalue weighted by Crippen LogP contribution is -2.18. The minimum absolute atomic E-state index is 0.0523. The number of hydrogen-bond donors (Lipinski definition) is 1. The third kappa shape index (κ3) is 3.00. The van der Waals surface area contributed by atoms with E-state index in [0.29, 0.717) is 13.0 Å². The summed E-state index contributed by atoms with van der Waals surface area (Å²) in [7, 11) is 1.65. The van der Waals surface area contributed by atoms with E-state index in [1.807, 2.05) is 30.3 Å². The number of carbonyl (C=O) groups is 1. The molecule has 0 heterocycles. The highest BCUT2D eigenvalue weighted by atomic mass is 16.5. The summed E-state index contributed by atoms with van der Waals surface area (Å²) >= 11 is 0. The SMILES string of the molecule is CNC(=O)CCCOc1cccc2ccccc12. The summed E-state index contributed by atoms with van der Waals surface area (Å²) in [5.41, 5.74) is 0. The molecule has 0 aromatic heterocycles. The van der Waals surface area contributed by atoms with Crippen molar-refractivity contribution in [1.29, 1.82) is 0 Å². The average molecular weight is 243 g/mol. The van der Waals surface area contributed by atoms with Gasteiger partial charge >= 0.3 is 0 Å². The molecule has 0 unspecified atom stereocenters. The van der Waals surface area contributed by atoms with Crippen molar-refractivity contribution in [2.45, 2.75) is 12.8 Å². The highest BCUT2D eigenvalue weighted by molar-refractivity contribution is 5.88. The fraction of sp³-hybridized carbons (Fsp3) is 0.267. The molecular formula is C15H17NO2. The quantitative estimate of drug-likeness (QED) is 0.820. The van der Waals surface area contributed by atoms with Gasteiger partial charge in [0.25, 0.3) is 0 Å². The van der Waals surface area contributed by atoms with E-state index in [4.69, 9.17) is 4.74 Å². The first-order valence-electron chi connectivity index (χ1n) is 6.12. The van der Waals surface area contributed by atoms with E-state index in [2.05, 4.69) is 17.4 Å². The standard InChI is InChI=1S/C15H17NO2/c1-16-15(17)10-5-11-18-14-9-4-7-12-6-2-3-8-13(12)14/h2-4,6-9H,5,10-11H2,1H3,(H,16,17). The van der Waals surface area contributed by atoms with Crippen molar-refractivity contribution < 1.29 is 9.53 Å². The Morgan fingerprint density at radius 3 is 2.78 bits per heavy atom. The van der Waals surface area contributed by atoms with Crippen LogP contribution in [0, 0.1) is 0 Å². The van der Waals surface area contributed by atoms with Crippen molar-refractivity contribution >= 4 is 16.7 Å². The van der Waals surface area contributed by atoms with Gasteiger partial charge in [-0.05, 0) is 17.9 Å². The number of ether oxygens (including phenoxy) is 1. The molecule has 0 atom stereocenters. The van der Waals surface area contributed by atoms with Gasteiger partial charge < -0.3 is 10.1 Å². The molecule has 2 aromatic carbocycles. The van der Waals surface area contributed by atoms with Crippen LogP contribution in [0.15, 0.2) is 42.5 Å². The Morgan fingerprint density at radius 1 is 1.17 bits per heavy atom. The molecule has 0 aliphatic carbocycles. The number of amides is 1. The van der Waals surface area contributed by atoms with Crippen LogP contribution in [-0.4, -0.2) is 19.6 Å². The van der Waals surface area contributed by atoms with Gasteiger partial charge in [-0.15, -0.1) is 0 Å². The molecule has 1 amide bonds. The number of nitrogens with one attached hydrogen (secondary N) is 1. The zero-order valence-electron chi connectivity index (χ0n) is 10.5. The third-order valence-corrected chi connectivity index (χ3v) is 2.83. The highest BCUT2D eigenvalue weighted by Gasteiger charge is 2.02. The molecule has 2 rings (SSSR count). The van der Waals surface area contributed by atoms with Gasteiger partial charge in [0, 0.05) is 18.9 Å². The lowest BCUT2D eigenvalue weighted by Gasteiger charge is -2.08. The number of benzene rings is 2. The van der Waals surface area contributed by atoms with Gasteiger partial charge in [0.15, 0.2) is 0 Å². The van der Waals surface area contributed by atoms with Crippen LogP contribution in [0.3, 0.4) is 0 Å². The fourth-order valence-corrected chi connectivity index (χ4v) is 1.86. The molecule has 3 heteroatoms. The Balaban J connectivity index is 1.97. The minimum Gasteiger partial charge on any atom is -0.493 e. The molecular weight excluding hydrogens is 226 g/mol. The molecule has 0 saturated carbocycles. The Hall–Kier alpha value is -2.03. The second kappa shape index (κ2) is 6.05. The van der Waals surface area contributed by atoms with E-state index < -0.39 is 0 Å². The van der Waals surface area contributed by atoms with E-state index in [0.717, 1.165) is 17.6 Å². The molecule has 2 aromatic rings. The molecule has 0 fully saturated rings. The van der Waals surface area contributed by atoms with Crippen LogP contribution in [-0.2, 0) is 4.79 Å². The Bertz CT molecular complexity index is 532. The van der Waals surface area contributed by atoms with Gasteiger partial charge in [-0.1, -0.05) is 36.4 Å². The first kappa shape index (κ1) is 12.4. The topological polar surface area (TPSA) is 38.3 Å². The zero-order valence-corrected chi connectivity index (χ0v) is 10.5. The lowest BCUT2D eigenvalue weighted by atomic mass is 10.1. The Morgan fingerprint density at radius 2 is 1.94 bits per heavy atom. The summed E-state index contributed by atoms with van der Waals surface area (Å²) in [6, 6.07) is 14.1. The van der Waals surface area contributed by atoms with Gasteiger partial charge in [-0.3, -0.25) is 4.79 Å². The maximum absolute atomic E-state index is 11.1. The Kier molecular flexibility index (Phi) is 4.18. The third-order valence-electron chi connectivity index (χ3n) is 2.83. The summed E-state index contributed by atoms with van der Waals surface area (Å²) in [4.78, 5) is 11.1. The molecule has 0 bridgehead atoms. The summed E-state index contributed by atoms with van der Waals surface area (Å²) < 4.78 is 5.73. The summed E-state index contributed by atoms with van der Waals surface area (Å²) in [6.07, 6.45) is 1.23. The normalized spacial score (nSPS) is 10.3. The van der Waals surface area contributed by atoms with Crippen LogP contribution in [0.4, 0.5) is 0 Å². The van der Waals surface area contributed by atoms with E-state index in [1.54, 1.807) is 7.05 Å². The van der Waals surface area contributed by atoms with Crippen LogP contribution in [0.5, 0.6) is 5.75 Å². The average Bonchev–Trinajstić information content (AvgIpc) is 2.43. The maximum atomic E-state index is 11.1. The largest absolute Gasteiger partial charge is 0.493 e. The van der Waals surface area contributed by atoms with Crippen molar-refractivity contribution in [3.8, 4) is 5.75 Å². The van der Waals surface area contributed by atoms with Crippen molar-refractivity contribution in [2.75, 3.05) is 13.7 Å². The van der Waals surface area contributed by atoms with Crippen molar-refractivity contribution in [1.82, 2.24) is 5.32 Å².